The summed E-state index contributed by atoms with van der Waals surface area (Å²) in [6.45, 7) is 6.59. The SMILES string of the molecule is C[C@@H]1CCC[C@H](C)N1CCCCCN1C(=O)C(c2cccc(C(=N)N)c2)Sc2ccc(N(C)C)cc21. The maximum atomic E-state index is 13.8. The molecule has 2 aliphatic heterocycles. The molecule has 3 atom stereocenters. The third-order valence-electron chi connectivity index (χ3n) is 7.66. The number of anilines is 2. The number of carbonyl (C=O) groups excluding carboxylic acids is 1. The molecule has 0 saturated carbocycles. The van der Waals surface area contributed by atoms with E-state index >= 15 is 0 Å². The van der Waals surface area contributed by atoms with Gasteiger partial charge >= 0.3 is 0 Å². The number of nitrogen functional groups attached to an aromatic ring is 1. The van der Waals surface area contributed by atoms with Crippen LogP contribution in [-0.2, 0) is 4.79 Å². The molecular formula is C29H41N5OS. The maximum Gasteiger partial charge on any atom is 0.245 e. The van der Waals surface area contributed by atoms with Gasteiger partial charge in [0.25, 0.3) is 0 Å². The largest absolute Gasteiger partial charge is 0.384 e. The van der Waals surface area contributed by atoms with Gasteiger partial charge in [-0.15, -0.1) is 11.8 Å². The Morgan fingerprint density at radius 3 is 2.47 bits per heavy atom. The number of benzene rings is 2. The van der Waals surface area contributed by atoms with Crippen molar-refractivity contribution in [3.8, 4) is 0 Å². The lowest BCUT2D eigenvalue weighted by Gasteiger charge is -2.39. The Morgan fingerprint density at radius 1 is 1.06 bits per heavy atom. The lowest BCUT2D eigenvalue weighted by atomic mass is 9.97. The average Bonchev–Trinajstić information content (AvgIpc) is 2.86. The number of hydrogen-bond acceptors (Lipinski definition) is 5. The van der Waals surface area contributed by atoms with E-state index in [0.717, 1.165) is 47.8 Å². The van der Waals surface area contributed by atoms with Crippen LogP contribution in [0.5, 0.6) is 0 Å². The number of thioether (sulfide) groups is 1. The van der Waals surface area contributed by atoms with E-state index in [-0.39, 0.29) is 17.0 Å². The molecule has 2 heterocycles. The minimum Gasteiger partial charge on any atom is -0.384 e. The molecule has 1 amide bonds. The number of nitrogens with zero attached hydrogens (tertiary/aromatic N) is 3. The fraction of sp³-hybridized carbons (Fsp3) is 0.517. The topological polar surface area (TPSA) is 76.7 Å². The predicted molar refractivity (Wildman–Crippen MR) is 153 cm³/mol. The van der Waals surface area contributed by atoms with Crippen molar-refractivity contribution in [2.75, 3.05) is 37.0 Å². The van der Waals surface area contributed by atoms with Crippen molar-refractivity contribution in [2.24, 2.45) is 5.73 Å². The number of nitrogens with two attached hydrogens (primary N) is 1. The molecule has 4 rings (SSSR count). The van der Waals surface area contributed by atoms with Gasteiger partial charge in [-0.1, -0.05) is 31.0 Å². The molecule has 2 aliphatic rings. The Hall–Kier alpha value is -2.51. The van der Waals surface area contributed by atoms with Crippen LogP contribution in [0.1, 0.15) is 68.7 Å². The highest BCUT2D eigenvalue weighted by Gasteiger charge is 2.35. The molecule has 1 saturated heterocycles. The minimum atomic E-state index is -0.336. The normalized spacial score (nSPS) is 22.4. The summed E-state index contributed by atoms with van der Waals surface area (Å²) in [5.41, 5.74) is 9.39. The predicted octanol–water partition coefficient (Wildman–Crippen LogP) is 5.65. The molecule has 7 heteroatoms. The summed E-state index contributed by atoms with van der Waals surface area (Å²) in [6, 6.07) is 15.3. The van der Waals surface area contributed by atoms with Crippen molar-refractivity contribution in [1.82, 2.24) is 4.90 Å². The second-order valence-electron chi connectivity index (χ2n) is 10.5. The number of fused-ring (bicyclic) bond motifs is 1. The van der Waals surface area contributed by atoms with Crippen molar-refractivity contribution in [2.45, 2.75) is 74.6 Å². The third-order valence-corrected chi connectivity index (χ3v) is 8.97. The molecule has 2 aromatic rings. The van der Waals surface area contributed by atoms with Crippen LogP contribution in [-0.4, -0.2) is 55.9 Å². The van der Waals surface area contributed by atoms with E-state index in [1.165, 1.54) is 25.7 Å². The first kappa shape index (κ1) is 26.6. The van der Waals surface area contributed by atoms with Gasteiger partial charge in [0.2, 0.25) is 5.91 Å². The molecule has 36 heavy (non-hydrogen) atoms. The Bertz CT molecular complexity index is 1080. The number of likely N-dealkylation sites (tertiary alicyclic amines) is 1. The molecule has 0 spiro atoms. The van der Waals surface area contributed by atoms with Crippen molar-refractivity contribution >= 4 is 34.9 Å². The van der Waals surface area contributed by atoms with E-state index in [0.29, 0.717) is 17.6 Å². The number of rotatable bonds is 9. The first-order chi connectivity index (χ1) is 17.3. The Labute approximate surface area is 220 Å². The van der Waals surface area contributed by atoms with Crippen LogP contribution in [0.4, 0.5) is 11.4 Å². The fourth-order valence-corrected chi connectivity index (χ4v) is 6.70. The monoisotopic (exact) mass is 507 g/mol. The molecule has 6 nitrogen and oxygen atoms in total. The fourth-order valence-electron chi connectivity index (χ4n) is 5.50. The highest BCUT2D eigenvalue weighted by molar-refractivity contribution is 8.00. The highest BCUT2D eigenvalue weighted by atomic mass is 32.2. The molecule has 0 aromatic heterocycles. The first-order valence-corrected chi connectivity index (χ1v) is 14.1. The van der Waals surface area contributed by atoms with Gasteiger partial charge in [-0.05, 0) is 75.9 Å². The lowest BCUT2D eigenvalue weighted by Crippen LogP contribution is -2.44. The number of hydrogen-bond donors (Lipinski definition) is 2. The van der Waals surface area contributed by atoms with E-state index in [9.17, 15) is 4.79 Å². The number of amidine groups is 1. The van der Waals surface area contributed by atoms with E-state index in [1.807, 2.05) is 43.3 Å². The number of nitrogens with one attached hydrogen (secondary N) is 1. The Kier molecular flexibility index (Phi) is 8.62. The number of unbranched alkanes of at least 4 members (excludes halogenated alkanes) is 2. The molecule has 0 radical (unpaired) electrons. The summed E-state index contributed by atoms with van der Waals surface area (Å²) in [4.78, 5) is 21.7. The Balaban J connectivity index is 1.49. The van der Waals surface area contributed by atoms with Crippen molar-refractivity contribution in [3.63, 3.8) is 0 Å². The minimum absolute atomic E-state index is 0.0235. The average molecular weight is 508 g/mol. The summed E-state index contributed by atoms with van der Waals surface area (Å²) >= 11 is 1.60. The molecule has 194 valence electrons. The van der Waals surface area contributed by atoms with Gasteiger partial charge in [-0.3, -0.25) is 15.1 Å². The second-order valence-corrected chi connectivity index (χ2v) is 11.6. The van der Waals surface area contributed by atoms with Crippen LogP contribution in [0.25, 0.3) is 0 Å². The van der Waals surface area contributed by atoms with Gasteiger partial charge in [0.15, 0.2) is 0 Å². The maximum absolute atomic E-state index is 13.8. The third kappa shape index (κ3) is 5.89. The van der Waals surface area contributed by atoms with Gasteiger partial charge in [-0.25, -0.2) is 0 Å². The summed E-state index contributed by atoms with van der Waals surface area (Å²) in [6.07, 6.45) is 7.22. The number of carbonyl (C=O) groups is 1. The zero-order valence-corrected chi connectivity index (χ0v) is 23.0. The van der Waals surface area contributed by atoms with E-state index in [1.54, 1.807) is 11.8 Å². The molecule has 1 unspecified atom stereocenters. The quantitative estimate of drug-likeness (QED) is 0.261. The second kappa shape index (κ2) is 11.7. The van der Waals surface area contributed by atoms with Gasteiger partial charge in [-0.2, -0.15) is 0 Å². The first-order valence-electron chi connectivity index (χ1n) is 13.3. The van der Waals surface area contributed by atoms with Gasteiger partial charge < -0.3 is 15.5 Å². The van der Waals surface area contributed by atoms with Crippen LogP contribution < -0.4 is 15.5 Å². The molecule has 1 fully saturated rings. The molecule has 2 aromatic carbocycles. The standard InChI is InChI=1S/C29H41N5OS/c1-20-10-8-11-21(2)33(20)16-6-5-7-17-34-25-19-24(32(3)4)14-15-26(25)36-27(29(34)35)22-12-9-13-23(18-22)28(30)31/h9,12-15,18-21,27H,5-8,10-11,16-17H2,1-4H3,(H3,30,31)/t20-,21+,27?. The van der Waals surface area contributed by atoms with E-state index in [4.69, 9.17) is 11.1 Å². The van der Waals surface area contributed by atoms with E-state index < -0.39 is 0 Å². The zero-order chi connectivity index (χ0) is 25.8. The molecule has 0 aliphatic carbocycles. The zero-order valence-electron chi connectivity index (χ0n) is 22.2. The van der Waals surface area contributed by atoms with Crippen molar-refractivity contribution < 1.29 is 4.79 Å². The molecular weight excluding hydrogens is 466 g/mol. The summed E-state index contributed by atoms with van der Waals surface area (Å²) in [5.74, 6) is 0.137. The van der Waals surface area contributed by atoms with Crippen LogP contribution in [0.15, 0.2) is 47.4 Å². The van der Waals surface area contributed by atoms with Crippen LogP contribution >= 0.6 is 11.8 Å². The lowest BCUT2D eigenvalue weighted by molar-refractivity contribution is -0.118. The highest BCUT2D eigenvalue weighted by Crippen LogP contribution is 2.47. The smallest absolute Gasteiger partial charge is 0.245 e. The summed E-state index contributed by atoms with van der Waals surface area (Å²) in [5, 5.41) is 7.48. The van der Waals surface area contributed by atoms with Crippen LogP contribution in [0, 0.1) is 5.41 Å². The van der Waals surface area contributed by atoms with Crippen molar-refractivity contribution in [3.05, 3.63) is 53.6 Å². The number of piperidine rings is 1. The van der Waals surface area contributed by atoms with Gasteiger partial charge in [0.1, 0.15) is 11.1 Å². The Morgan fingerprint density at radius 2 is 1.78 bits per heavy atom. The van der Waals surface area contributed by atoms with E-state index in [2.05, 4.69) is 41.8 Å². The van der Waals surface area contributed by atoms with Gasteiger partial charge in [0.05, 0.1) is 5.69 Å². The summed E-state index contributed by atoms with van der Waals surface area (Å²) < 4.78 is 0. The van der Waals surface area contributed by atoms with Crippen molar-refractivity contribution in [1.29, 1.82) is 5.41 Å². The molecule has 3 N–H and O–H groups in total. The number of amides is 1. The van der Waals surface area contributed by atoms with Gasteiger partial charge in [0, 0.05) is 48.9 Å². The molecule has 0 bridgehead atoms. The summed E-state index contributed by atoms with van der Waals surface area (Å²) in [7, 11) is 4.06. The van der Waals surface area contributed by atoms with Crippen LogP contribution in [0.2, 0.25) is 0 Å². The van der Waals surface area contributed by atoms with Crippen LogP contribution in [0.3, 0.4) is 0 Å².